The van der Waals surface area contributed by atoms with Gasteiger partial charge >= 0.3 is 12.0 Å². The molecule has 0 bridgehead atoms. The lowest BCUT2D eigenvalue weighted by Crippen LogP contribution is -2.41. The van der Waals surface area contributed by atoms with Crippen molar-refractivity contribution in [3.05, 3.63) is 41.4 Å². The number of carbonyl (C=O) groups excluding carboxylic acids is 3. The lowest BCUT2D eigenvalue weighted by Gasteiger charge is -2.07. The minimum Gasteiger partial charge on any atom is -0.494 e. The summed E-state index contributed by atoms with van der Waals surface area (Å²) in [7, 11) is 0. The number of amides is 3. The van der Waals surface area contributed by atoms with E-state index in [2.05, 4.69) is 27.8 Å². The highest BCUT2D eigenvalue weighted by Gasteiger charge is 2.10. The van der Waals surface area contributed by atoms with Gasteiger partial charge in [-0.25, -0.2) is 4.79 Å². The number of imide groups is 1. The monoisotopic (exact) mass is 398 g/mol. The fourth-order valence-electron chi connectivity index (χ4n) is 1.55. The Labute approximate surface area is 148 Å². The lowest BCUT2D eigenvalue weighted by molar-refractivity contribution is -0.148. The average molecular weight is 399 g/mol. The molecule has 0 aromatic heterocycles. The van der Waals surface area contributed by atoms with Crippen molar-refractivity contribution in [3.8, 4) is 5.75 Å². The van der Waals surface area contributed by atoms with Crippen LogP contribution in [0.25, 0.3) is 0 Å². The lowest BCUT2D eigenvalue weighted by atomic mass is 10.3. The van der Waals surface area contributed by atoms with Gasteiger partial charge < -0.3 is 14.8 Å². The van der Waals surface area contributed by atoms with Gasteiger partial charge in [0.05, 0.1) is 6.61 Å². The molecule has 0 aliphatic heterocycles. The predicted octanol–water partition coefficient (Wildman–Crippen LogP) is 2.16. The van der Waals surface area contributed by atoms with Crippen molar-refractivity contribution >= 4 is 33.8 Å². The Bertz CT molecular complexity index is 592. The van der Waals surface area contributed by atoms with Crippen LogP contribution in [0.1, 0.15) is 12.8 Å². The third kappa shape index (κ3) is 8.94. The van der Waals surface area contributed by atoms with E-state index in [4.69, 9.17) is 9.47 Å². The third-order valence-corrected chi connectivity index (χ3v) is 3.11. The Morgan fingerprint density at radius 1 is 1.29 bits per heavy atom. The number of carbonyl (C=O) groups is 3. The SMILES string of the molecule is C=CCNC(=O)NC(=O)COC(=O)CCCOc1cccc(Br)c1. The molecule has 0 spiro atoms. The highest BCUT2D eigenvalue weighted by Crippen LogP contribution is 2.17. The van der Waals surface area contributed by atoms with Gasteiger partial charge in [-0.2, -0.15) is 0 Å². The first-order valence-corrected chi connectivity index (χ1v) is 8.03. The van der Waals surface area contributed by atoms with Gasteiger partial charge in [0.15, 0.2) is 6.61 Å². The average Bonchev–Trinajstić information content (AvgIpc) is 2.55. The summed E-state index contributed by atoms with van der Waals surface area (Å²) in [4.78, 5) is 34.0. The summed E-state index contributed by atoms with van der Waals surface area (Å²) in [6.07, 6.45) is 2.04. The number of hydrogen-bond donors (Lipinski definition) is 2. The van der Waals surface area contributed by atoms with Gasteiger partial charge in [-0.1, -0.05) is 28.1 Å². The zero-order chi connectivity index (χ0) is 17.8. The maximum atomic E-state index is 11.5. The van der Waals surface area contributed by atoms with Gasteiger partial charge in [-0.05, 0) is 24.6 Å². The minimum absolute atomic E-state index is 0.115. The second-order valence-corrected chi connectivity index (χ2v) is 5.53. The summed E-state index contributed by atoms with van der Waals surface area (Å²) in [6.45, 7) is 3.50. The van der Waals surface area contributed by atoms with Crippen LogP contribution in [-0.4, -0.2) is 37.7 Å². The number of ether oxygens (including phenoxy) is 2. The first-order chi connectivity index (χ1) is 11.5. The number of rotatable bonds is 9. The van der Waals surface area contributed by atoms with E-state index in [0.29, 0.717) is 18.8 Å². The molecular weight excluding hydrogens is 380 g/mol. The molecule has 8 heteroatoms. The van der Waals surface area contributed by atoms with E-state index < -0.39 is 24.5 Å². The molecule has 1 aromatic rings. The van der Waals surface area contributed by atoms with Crippen LogP contribution in [0.4, 0.5) is 4.79 Å². The Morgan fingerprint density at radius 2 is 2.08 bits per heavy atom. The molecule has 130 valence electrons. The zero-order valence-corrected chi connectivity index (χ0v) is 14.6. The van der Waals surface area contributed by atoms with E-state index in [0.717, 1.165) is 4.47 Å². The normalized spacial score (nSPS) is 9.71. The molecule has 0 saturated carbocycles. The molecule has 0 aliphatic rings. The Balaban J connectivity index is 2.12. The van der Waals surface area contributed by atoms with Crippen LogP contribution < -0.4 is 15.4 Å². The molecule has 0 heterocycles. The maximum Gasteiger partial charge on any atom is 0.321 e. The van der Waals surface area contributed by atoms with Crippen LogP contribution in [0.3, 0.4) is 0 Å². The van der Waals surface area contributed by atoms with Crippen LogP contribution in [0, 0.1) is 0 Å². The van der Waals surface area contributed by atoms with E-state index in [1.54, 1.807) is 0 Å². The quantitative estimate of drug-likeness (QED) is 0.377. The topological polar surface area (TPSA) is 93.7 Å². The van der Waals surface area contributed by atoms with Gasteiger partial charge in [0.25, 0.3) is 5.91 Å². The smallest absolute Gasteiger partial charge is 0.321 e. The number of benzene rings is 1. The number of esters is 1. The summed E-state index contributed by atoms with van der Waals surface area (Å²) in [5.74, 6) is -0.535. The number of urea groups is 1. The standard InChI is InChI=1S/C16H19BrN2O5/c1-2-8-18-16(22)19-14(20)11-24-15(21)7-4-9-23-13-6-3-5-12(17)10-13/h2-3,5-6,10H,1,4,7-9,11H2,(H2,18,19,20,22). The second kappa shape index (κ2) is 11.2. The molecule has 2 N–H and O–H groups in total. The van der Waals surface area contributed by atoms with Crippen molar-refractivity contribution in [1.82, 2.24) is 10.6 Å². The largest absolute Gasteiger partial charge is 0.494 e. The number of halogens is 1. The van der Waals surface area contributed by atoms with Gasteiger partial charge in [0.2, 0.25) is 0 Å². The van der Waals surface area contributed by atoms with Gasteiger partial charge in [0, 0.05) is 17.4 Å². The summed E-state index contributed by atoms with van der Waals surface area (Å²) in [5.41, 5.74) is 0. The zero-order valence-electron chi connectivity index (χ0n) is 13.0. The Hall–Kier alpha value is -2.35. The van der Waals surface area contributed by atoms with Crippen molar-refractivity contribution in [2.24, 2.45) is 0 Å². The molecule has 0 atom stereocenters. The van der Waals surface area contributed by atoms with Gasteiger partial charge in [-0.3, -0.25) is 14.9 Å². The minimum atomic E-state index is -0.699. The van der Waals surface area contributed by atoms with Gasteiger partial charge in [0.1, 0.15) is 5.75 Å². The maximum absolute atomic E-state index is 11.5. The fraction of sp³-hybridized carbons (Fsp3) is 0.312. The van der Waals surface area contributed by atoms with Crippen molar-refractivity contribution < 1.29 is 23.9 Å². The Morgan fingerprint density at radius 3 is 2.79 bits per heavy atom. The van der Waals surface area contributed by atoms with Crippen molar-refractivity contribution in [1.29, 1.82) is 0 Å². The highest BCUT2D eigenvalue weighted by atomic mass is 79.9. The van der Waals surface area contributed by atoms with Crippen LogP contribution in [0.15, 0.2) is 41.4 Å². The predicted molar refractivity (Wildman–Crippen MR) is 91.6 cm³/mol. The molecule has 1 aromatic carbocycles. The van der Waals surface area contributed by atoms with E-state index in [1.165, 1.54) is 6.08 Å². The van der Waals surface area contributed by atoms with Gasteiger partial charge in [-0.15, -0.1) is 6.58 Å². The molecule has 1 rings (SSSR count). The van der Waals surface area contributed by atoms with Crippen molar-refractivity contribution in [3.63, 3.8) is 0 Å². The Kier molecular flexibility index (Phi) is 9.21. The summed E-state index contributed by atoms with van der Waals surface area (Å²) in [6, 6.07) is 6.69. The highest BCUT2D eigenvalue weighted by molar-refractivity contribution is 9.10. The molecule has 24 heavy (non-hydrogen) atoms. The van der Waals surface area contributed by atoms with Crippen LogP contribution in [0.5, 0.6) is 5.75 Å². The molecule has 0 saturated heterocycles. The molecule has 0 unspecified atom stereocenters. The van der Waals surface area contributed by atoms with Crippen LogP contribution >= 0.6 is 15.9 Å². The molecule has 3 amide bonds. The molecule has 0 radical (unpaired) electrons. The fourth-order valence-corrected chi connectivity index (χ4v) is 1.93. The first kappa shape index (κ1) is 19.7. The van der Waals surface area contributed by atoms with E-state index in [1.807, 2.05) is 29.6 Å². The summed E-state index contributed by atoms with van der Waals surface area (Å²) >= 11 is 3.33. The third-order valence-electron chi connectivity index (χ3n) is 2.61. The van der Waals surface area contributed by atoms with E-state index in [9.17, 15) is 14.4 Å². The number of nitrogens with one attached hydrogen (secondary N) is 2. The molecule has 7 nitrogen and oxygen atoms in total. The van der Waals surface area contributed by atoms with E-state index >= 15 is 0 Å². The van der Waals surface area contributed by atoms with Crippen LogP contribution in [-0.2, 0) is 14.3 Å². The second-order valence-electron chi connectivity index (χ2n) is 4.62. The van der Waals surface area contributed by atoms with Crippen molar-refractivity contribution in [2.75, 3.05) is 19.8 Å². The number of hydrogen-bond acceptors (Lipinski definition) is 5. The molecular formula is C16H19BrN2O5. The molecule has 0 fully saturated rings. The van der Waals surface area contributed by atoms with Crippen LogP contribution in [0.2, 0.25) is 0 Å². The first-order valence-electron chi connectivity index (χ1n) is 7.24. The summed E-state index contributed by atoms with van der Waals surface area (Å²) in [5, 5.41) is 4.38. The van der Waals surface area contributed by atoms with Crippen molar-refractivity contribution in [2.45, 2.75) is 12.8 Å². The van der Waals surface area contributed by atoms with E-state index in [-0.39, 0.29) is 13.0 Å². The molecule has 0 aliphatic carbocycles. The summed E-state index contributed by atoms with van der Waals surface area (Å²) < 4.78 is 11.1.